The first-order chi connectivity index (χ1) is 5.83. The molecule has 2 nitrogen and oxygen atoms in total. The Morgan fingerprint density at radius 3 is 3.00 bits per heavy atom. The minimum absolute atomic E-state index is 0.726. The Balaban J connectivity index is 2.41. The highest BCUT2D eigenvalue weighted by Crippen LogP contribution is 2.06. The maximum Gasteiger partial charge on any atom is 0.213 e. The third-order valence-electron chi connectivity index (χ3n) is 1.40. The van der Waals surface area contributed by atoms with Gasteiger partial charge in [-0.1, -0.05) is 6.07 Å². The first-order valence-electron chi connectivity index (χ1n) is 3.88. The molecule has 0 saturated carbocycles. The van der Waals surface area contributed by atoms with E-state index in [1.807, 2.05) is 25.1 Å². The number of thioether (sulfide) groups is 1. The van der Waals surface area contributed by atoms with E-state index in [-0.39, 0.29) is 0 Å². The molecule has 0 N–H and O–H groups in total. The standard InChI is InChI=1S/C9H13NOS/c1-8-4-3-5-9(10-8)11-6-7-12-2/h3-5H,6-7H2,1-2H3. The molecule has 0 aliphatic heterocycles. The summed E-state index contributed by atoms with van der Waals surface area (Å²) in [6.45, 7) is 2.69. The van der Waals surface area contributed by atoms with Gasteiger partial charge >= 0.3 is 0 Å². The summed E-state index contributed by atoms with van der Waals surface area (Å²) in [5, 5.41) is 0. The molecule has 1 heterocycles. The van der Waals surface area contributed by atoms with Crippen molar-refractivity contribution in [1.82, 2.24) is 4.98 Å². The summed E-state index contributed by atoms with van der Waals surface area (Å²) in [5.74, 6) is 1.74. The molecule has 0 amide bonds. The van der Waals surface area contributed by atoms with Gasteiger partial charge in [-0.25, -0.2) is 4.98 Å². The van der Waals surface area contributed by atoms with E-state index >= 15 is 0 Å². The zero-order valence-electron chi connectivity index (χ0n) is 7.41. The van der Waals surface area contributed by atoms with Gasteiger partial charge in [-0.3, -0.25) is 0 Å². The second kappa shape index (κ2) is 5.04. The Morgan fingerprint density at radius 1 is 1.50 bits per heavy atom. The van der Waals surface area contributed by atoms with Gasteiger partial charge in [-0.05, 0) is 19.2 Å². The van der Waals surface area contributed by atoms with E-state index in [2.05, 4.69) is 11.2 Å². The second-order valence-corrected chi connectivity index (χ2v) is 3.44. The lowest BCUT2D eigenvalue weighted by molar-refractivity contribution is 0.330. The minimum Gasteiger partial charge on any atom is -0.477 e. The molecule has 3 heteroatoms. The first kappa shape index (κ1) is 9.39. The molecule has 0 unspecified atom stereocenters. The van der Waals surface area contributed by atoms with Gasteiger partial charge in [0.05, 0.1) is 6.61 Å². The summed E-state index contributed by atoms with van der Waals surface area (Å²) in [4.78, 5) is 4.21. The molecule has 66 valence electrons. The van der Waals surface area contributed by atoms with Crippen LogP contribution in [0.4, 0.5) is 0 Å². The summed E-state index contributed by atoms with van der Waals surface area (Å²) in [6.07, 6.45) is 2.06. The van der Waals surface area contributed by atoms with E-state index in [0.717, 1.165) is 23.9 Å². The summed E-state index contributed by atoms with van der Waals surface area (Å²) < 4.78 is 5.40. The third-order valence-corrected chi connectivity index (χ3v) is 1.98. The van der Waals surface area contributed by atoms with Crippen LogP contribution in [0.5, 0.6) is 5.88 Å². The molecule has 12 heavy (non-hydrogen) atoms. The quantitative estimate of drug-likeness (QED) is 0.668. The summed E-state index contributed by atoms with van der Waals surface area (Å²) in [5.41, 5.74) is 0.997. The molecular formula is C9H13NOS. The smallest absolute Gasteiger partial charge is 0.213 e. The Bertz CT molecular complexity index is 240. The average Bonchev–Trinajstić information content (AvgIpc) is 2.05. The molecule has 0 radical (unpaired) electrons. The zero-order valence-corrected chi connectivity index (χ0v) is 8.23. The highest BCUT2D eigenvalue weighted by Gasteiger charge is 1.93. The molecule has 0 spiro atoms. The van der Waals surface area contributed by atoms with E-state index in [0.29, 0.717) is 0 Å². The highest BCUT2D eigenvalue weighted by atomic mass is 32.2. The maximum atomic E-state index is 5.40. The van der Waals surface area contributed by atoms with Gasteiger partial charge in [0.2, 0.25) is 5.88 Å². The number of aryl methyl sites for hydroxylation is 1. The molecular weight excluding hydrogens is 170 g/mol. The number of rotatable bonds is 4. The van der Waals surface area contributed by atoms with Gasteiger partial charge in [0, 0.05) is 17.5 Å². The largest absolute Gasteiger partial charge is 0.477 e. The van der Waals surface area contributed by atoms with Crippen molar-refractivity contribution in [3.05, 3.63) is 23.9 Å². The minimum atomic E-state index is 0.726. The summed E-state index contributed by atoms with van der Waals surface area (Å²) in [6, 6.07) is 5.80. The van der Waals surface area contributed by atoms with E-state index in [1.54, 1.807) is 11.8 Å². The van der Waals surface area contributed by atoms with Crippen molar-refractivity contribution >= 4 is 11.8 Å². The van der Waals surface area contributed by atoms with Crippen LogP contribution in [0, 0.1) is 6.92 Å². The molecule has 1 aromatic rings. The van der Waals surface area contributed by atoms with Crippen molar-refractivity contribution in [1.29, 1.82) is 0 Å². The Hall–Kier alpha value is -0.700. The molecule has 0 aromatic carbocycles. The third kappa shape index (κ3) is 3.13. The SMILES string of the molecule is CSCCOc1cccc(C)n1. The molecule has 0 fully saturated rings. The van der Waals surface area contributed by atoms with Crippen LogP contribution in [0.3, 0.4) is 0 Å². The molecule has 0 aliphatic rings. The number of ether oxygens (including phenoxy) is 1. The number of hydrogen-bond acceptors (Lipinski definition) is 3. The van der Waals surface area contributed by atoms with Gasteiger partial charge < -0.3 is 4.74 Å². The molecule has 1 aromatic heterocycles. The topological polar surface area (TPSA) is 22.1 Å². The molecule has 0 atom stereocenters. The van der Waals surface area contributed by atoms with Crippen molar-refractivity contribution in [3.8, 4) is 5.88 Å². The second-order valence-electron chi connectivity index (χ2n) is 2.46. The van der Waals surface area contributed by atoms with Crippen LogP contribution < -0.4 is 4.74 Å². The van der Waals surface area contributed by atoms with Crippen molar-refractivity contribution < 1.29 is 4.74 Å². The number of nitrogens with zero attached hydrogens (tertiary/aromatic N) is 1. The van der Waals surface area contributed by atoms with Crippen LogP contribution in [-0.2, 0) is 0 Å². The Morgan fingerprint density at radius 2 is 2.33 bits per heavy atom. The number of pyridine rings is 1. The van der Waals surface area contributed by atoms with Gasteiger partial charge in [-0.2, -0.15) is 11.8 Å². The van der Waals surface area contributed by atoms with Gasteiger partial charge in [0.1, 0.15) is 0 Å². The van der Waals surface area contributed by atoms with E-state index in [9.17, 15) is 0 Å². The Kier molecular flexibility index (Phi) is 3.94. The Labute approximate surface area is 77.3 Å². The highest BCUT2D eigenvalue weighted by molar-refractivity contribution is 7.98. The average molecular weight is 183 g/mol. The van der Waals surface area contributed by atoms with Crippen LogP contribution in [0.25, 0.3) is 0 Å². The molecule has 0 aliphatic carbocycles. The fourth-order valence-electron chi connectivity index (χ4n) is 0.828. The first-order valence-corrected chi connectivity index (χ1v) is 5.27. The summed E-state index contributed by atoms with van der Waals surface area (Å²) in [7, 11) is 0. The number of aromatic nitrogens is 1. The lowest BCUT2D eigenvalue weighted by atomic mass is 10.4. The normalized spacial score (nSPS) is 9.83. The monoisotopic (exact) mass is 183 g/mol. The van der Waals surface area contributed by atoms with Crippen molar-refractivity contribution in [2.24, 2.45) is 0 Å². The molecule has 1 rings (SSSR count). The van der Waals surface area contributed by atoms with Gasteiger partial charge in [0.15, 0.2) is 0 Å². The van der Waals surface area contributed by atoms with Gasteiger partial charge in [-0.15, -0.1) is 0 Å². The van der Waals surface area contributed by atoms with Crippen LogP contribution >= 0.6 is 11.8 Å². The summed E-state index contributed by atoms with van der Waals surface area (Å²) >= 11 is 1.77. The van der Waals surface area contributed by atoms with Crippen LogP contribution in [-0.4, -0.2) is 23.6 Å². The van der Waals surface area contributed by atoms with Crippen molar-refractivity contribution in [2.45, 2.75) is 6.92 Å². The van der Waals surface area contributed by atoms with E-state index < -0.39 is 0 Å². The van der Waals surface area contributed by atoms with Gasteiger partial charge in [0.25, 0.3) is 0 Å². The van der Waals surface area contributed by atoms with Crippen LogP contribution in [0.2, 0.25) is 0 Å². The van der Waals surface area contributed by atoms with E-state index in [1.165, 1.54) is 0 Å². The fourth-order valence-corrected chi connectivity index (χ4v) is 1.08. The van der Waals surface area contributed by atoms with Crippen LogP contribution in [0.15, 0.2) is 18.2 Å². The molecule has 0 saturated heterocycles. The predicted molar refractivity (Wildman–Crippen MR) is 52.9 cm³/mol. The molecule has 0 bridgehead atoms. The fraction of sp³-hybridized carbons (Fsp3) is 0.444. The number of hydrogen-bond donors (Lipinski definition) is 0. The zero-order chi connectivity index (χ0) is 8.81. The van der Waals surface area contributed by atoms with Crippen molar-refractivity contribution in [3.63, 3.8) is 0 Å². The van der Waals surface area contributed by atoms with Crippen LogP contribution in [0.1, 0.15) is 5.69 Å². The van der Waals surface area contributed by atoms with Crippen molar-refractivity contribution in [2.75, 3.05) is 18.6 Å². The lowest BCUT2D eigenvalue weighted by Crippen LogP contribution is -2.01. The lowest BCUT2D eigenvalue weighted by Gasteiger charge is -2.03. The maximum absolute atomic E-state index is 5.40. The predicted octanol–water partition coefficient (Wildman–Crippen LogP) is 2.13. The van der Waals surface area contributed by atoms with E-state index in [4.69, 9.17) is 4.74 Å².